The summed E-state index contributed by atoms with van der Waals surface area (Å²) in [5, 5.41) is 0. The van der Waals surface area contributed by atoms with Crippen LogP contribution in [0.15, 0.2) is 29.2 Å². The summed E-state index contributed by atoms with van der Waals surface area (Å²) < 4.78 is 39.3. The normalized spacial score (nSPS) is 29.5. The number of nitrogens with zero attached hydrogens (tertiary/aromatic N) is 1. The van der Waals surface area contributed by atoms with Crippen molar-refractivity contribution in [2.45, 2.75) is 49.8 Å². The fraction of sp³-hybridized carbons (Fsp3) is 0.625. The highest BCUT2D eigenvalue weighted by Crippen LogP contribution is 2.35. The first-order valence-electron chi connectivity index (χ1n) is 7.85. The summed E-state index contributed by atoms with van der Waals surface area (Å²) in [5.74, 6) is 0. The Balaban J connectivity index is 1.95. The van der Waals surface area contributed by atoms with E-state index in [2.05, 4.69) is 0 Å². The van der Waals surface area contributed by atoms with Crippen LogP contribution in [0, 0.1) is 6.92 Å². The molecule has 3 atom stereocenters. The van der Waals surface area contributed by atoms with Crippen molar-refractivity contribution in [3.63, 3.8) is 0 Å². The molecule has 1 aliphatic heterocycles. The van der Waals surface area contributed by atoms with Crippen molar-refractivity contribution in [1.82, 2.24) is 4.31 Å². The average Bonchev–Trinajstić information content (AvgIpc) is 2.74. The van der Waals surface area contributed by atoms with E-state index in [1.54, 1.807) is 22.5 Å². The average molecular weight is 325 g/mol. The third kappa shape index (κ3) is 2.80. The highest BCUT2D eigenvalue weighted by atomic mass is 32.2. The van der Waals surface area contributed by atoms with Gasteiger partial charge in [-0.15, -0.1) is 0 Å². The molecule has 1 aromatic rings. The molecule has 0 unspecified atom stereocenters. The predicted octanol–water partition coefficient (Wildman–Crippen LogP) is 1.95. The zero-order chi connectivity index (χ0) is 15.7. The lowest BCUT2D eigenvalue weighted by Crippen LogP contribution is -2.46. The van der Waals surface area contributed by atoms with E-state index in [9.17, 15) is 8.42 Å². The van der Waals surface area contributed by atoms with Crippen LogP contribution in [0.5, 0.6) is 0 Å². The molecule has 1 saturated heterocycles. The van der Waals surface area contributed by atoms with E-state index in [1.165, 1.54) is 0 Å². The van der Waals surface area contributed by atoms with Crippen molar-refractivity contribution in [3.05, 3.63) is 29.8 Å². The molecule has 5 nitrogen and oxygen atoms in total. The molecule has 2 aliphatic rings. The van der Waals surface area contributed by atoms with E-state index in [1.807, 2.05) is 19.9 Å². The summed E-state index contributed by atoms with van der Waals surface area (Å²) in [7, 11) is -3.52. The van der Waals surface area contributed by atoms with Crippen LogP contribution < -0.4 is 0 Å². The molecular weight excluding hydrogens is 302 g/mol. The Labute approximate surface area is 132 Å². The molecular formula is C16H23NO4S. The number of benzene rings is 1. The quantitative estimate of drug-likeness (QED) is 0.849. The highest BCUT2D eigenvalue weighted by Gasteiger charge is 2.47. The second-order valence-corrected chi connectivity index (χ2v) is 7.80. The lowest BCUT2D eigenvalue weighted by atomic mass is 10.2. The summed E-state index contributed by atoms with van der Waals surface area (Å²) in [6.45, 7) is 5.22. The predicted molar refractivity (Wildman–Crippen MR) is 83.2 cm³/mol. The minimum atomic E-state index is -3.52. The molecule has 1 aromatic carbocycles. The highest BCUT2D eigenvalue weighted by molar-refractivity contribution is 7.89. The van der Waals surface area contributed by atoms with Crippen LogP contribution in [0.4, 0.5) is 0 Å². The first-order chi connectivity index (χ1) is 10.5. The summed E-state index contributed by atoms with van der Waals surface area (Å²) in [6, 6.07) is 6.95. The lowest BCUT2D eigenvalue weighted by Gasteiger charge is -2.30. The molecule has 6 heteroatoms. The molecule has 1 aliphatic carbocycles. The van der Waals surface area contributed by atoms with Gasteiger partial charge in [-0.05, 0) is 44.4 Å². The Morgan fingerprint density at radius 1 is 1.36 bits per heavy atom. The Morgan fingerprint density at radius 3 is 2.91 bits per heavy atom. The molecule has 1 heterocycles. The molecule has 1 saturated carbocycles. The van der Waals surface area contributed by atoms with Gasteiger partial charge in [0.05, 0.1) is 23.6 Å². The van der Waals surface area contributed by atoms with Gasteiger partial charge in [0.1, 0.15) is 6.10 Å². The minimum absolute atomic E-state index is 0.0164. The van der Waals surface area contributed by atoms with E-state index in [0.29, 0.717) is 24.7 Å². The van der Waals surface area contributed by atoms with E-state index < -0.39 is 10.0 Å². The van der Waals surface area contributed by atoms with Gasteiger partial charge in [0.2, 0.25) is 10.0 Å². The zero-order valence-electron chi connectivity index (χ0n) is 13.1. The minimum Gasteiger partial charge on any atom is -0.374 e. The maximum atomic E-state index is 13.0. The molecule has 0 spiro atoms. The zero-order valence-corrected chi connectivity index (χ0v) is 13.9. The molecule has 2 bridgehead atoms. The van der Waals surface area contributed by atoms with Crippen molar-refractivity contribution in [3.8, 4) is 0 Å². The molecule has 0 aromatic heterocycles. The number of hydrogen-bond acceptors (Lipinski definition) is 4. The largest absolute Gasteiger partial charge is 0.374 e. The maximum absolute atomic E-state index is 13.0. The Kier molecular flexibility index (Phi) is 4.54. The van der Waals surface area contributed by atoms with E-state index >= 15 is 0 Å². The molecule has 22 heavy (non-hydrogen) atoms. The Bertz CT molecular complexity index is 631. The summed E-state index contributed by atoms with van der Waals surface area (Å²) in [5.41, 5.74) is 0.942. The molecule has 122 valence electrons. The second kappa shape index (κ2) is 6.28. The van der Waals surface area contributed by atoms with Gasteiger partial charge < -0.3 is 9.47 Å². The van der Waals surface area contributed by atoms with Gasteiger partial charge in [-0.2, -0.15) is 4.31 Å². The van der Waals surface area contributed by atoms with Crippen LogP contribution in [-0.2, 0) is 19.5 Å². The topological polar surface area (TPSA) is 55.8 Å². The summed E-state index contributed by atoms with van der Waals surface area (Å²) >= 11 is 0. The summed E-state index contributed by atoms with van der Waals surface area (Å²) in [4.78, 5) is 0.355. The SMILES string of the molecule is CCO[C@@H]1[C@H]2CC[C@H]1OCCN2S(=O)(=O)c1cccc(C)c1. The number of sulfonamides is 1. The van der Waals surface area contributed by atoms with Crippen molar-refractivity contribution in [1.29, 1.82) is 0 Å². The number of hydrogen-bond donors (Lipinski definition) is 0. The Hall–Kier alpha value is -0.950. The van der Waals surface area contributed by atoms with Gasteiger partial charge in [0, 0.05) is 13.2 Å². The fourth-order valence-corrected chi connectivity index (χ4v) is 5.23. The van der Waals surface area contributed by atoms with Crippen molar-refractivity contribution in [2.75, 3.05) is 19.8 Å². The van der Waals surface area contributed by atoms with Crippen LogP contribution in [0.25, 0.3) is 0 Å². The standard InChI is InChI=1S/C16H23NO4S/c1-3-20-16-14-7-8-15(16)21-10-9-17(14)22(18,19)13-6-4-5-12(2)11-13/h4-6,11,14-16H,3,7-10H2,1-2H3/t14-,15-,16-/m1/s1. The van der Waals surface area contributed by atoms with Gasteiger partial charge in [0.25, 0.3) is 0 Å². The first-order valence-corrected chi connectivity index (χ1v) is 9.29. The van der Waals surface area contributed by atoms with Crippen LogP contribution in [0.2, 0.25) is 0 Å². The lowest BCUT2D eigenvalue weighted by molar-refractivity contribution is -0.0470. The third-order valence-electron chi connectivity index (χ3n) is 4.46. The Morgan fingerprint density at radius 2 is 2.18 bits per heavy atom. The van der Waals surface area contributed by atoms with Gasteiger partial charge >= 0.3 is 0 Å². The number of ether oxygens (including phenoxy) is 2. The number of aryl methyl sites for hydroxylation is 1. The number of rotatable bonds is 4. The molecule has 0 N–H and O–H groups in total. The fourth-order valence-electron chi connectivity index (χ4n) is 3.48. The van der Waals surface area contributed by atoms with Crippen LogP contribution in [0.3, 0.4) is 0 Å². The van der Waals surface area contributed by atoms with Crippen molar-refractivity contribution in [2.24, 2.45) is 0 Å². The van der Waals surface area contributed by atoms with Crippen molar-refractivity contribution < 1.29 is 17.9 Å². The maximum Gasteiger partial charge on any atom is 0.243 e. The molecule has 2 fully saturated rings. The first kappa shape index (κ1) is 15.9. The molecule has 3 rings (SSSR count). The van der Waals surface area contributed by atoms with E-state index in [0.717, 1.165) is 18.4 Å². The van der Waals surface area contributed by atoms with Crippen LogP contribution in [0.1, 0.15) is 25.3 Å². The van der Waals surface area contributed by atoms with Gasteiger partial charge in [-0.1, -0.05) is 12.1 Å². The molecule has 0 amide bonds. The van der Waals surface area contributed by atoms with Gasteiger partial charge in [-0.3, -0.25) is 0 Å². The molecule has 0 radical (unpaired) electrons. The van der Waals surface area contributed by atoms with E-state index in [-0.39, 0.29) is 18.2 Å². The number of fused-ring (bicyclic) bond motifs is 2. The second-order valence-electron chi connectivity index (χ2n) is 5.91. The van der Waals surface area contributed by atoms with Crippen molar-refractivity contribution >= 4 is 10.0 Å². The summed E-state index contributed by atoms with van der Waals surface area (Å²) in [6.07, 6.45) is 1.50. The van der Waals surface area contributed by atoms with Crippen LogP contribution in [-0.4, -0.2) is 50.7 Å². The third-order valence-corrected chi connectivity index (χ3v) is 6.38. The monoisotopic (exact) mass is 325 g/mol. The van der Waals surface area contributed by atoms with Crippen LogP contribution >= 0.6 is 0 Å². The van der Waals surface area contributed by atoms with Gasteiger partial charge in [0.15, 0.2) is 0 Å². The van der Waals surface area contributed by atoms with Gasteiger partial charge in [-0.25, -0.2) is 8.42 Å². The smallest absolute Gasteiger partial charge is 0.243 e. The van der Waals surface area contributed by atoms with E-state index in [4.69, 9.17) is 9.47 Å².